The predicted octanol–water partition coefficient (Wildman–Crippen LogP) is 0.992. The van der Waals surface area contributed by atoms with Gasteiger partial charge in [-0.05, 0) is 23.3 Å². The van der Waals surface area contributed by atoms with Crippen LogP contribution >= 0.6 is 23.2 Å². The lowest BCUT2D eigenvalue weighted by molar-refractivity contribution is -0.671. The third kappa shape index (κ3) is 4.26. The highest BCUT2D eigenvalue weighted by molar-refractivity contribution is 6.42. The van der Waals surface area contributed by atoms with Crippen molar-refractivity contribution in [3.05, 3.63) is 63.9 Å². The van der Waals surface area contributed by atoms with E-state index in [1.807, 2.05) is 60.4 Å². The van der Waals surface area contributed by atoms with E-state index in [2.05, 4.69) is 0 Å². The SMILES string of the molecule is C[n+]1ccc(/C=C/c2ccc(Cl)c(Cl)c2)cc1.[I-]. The molecule has 0 saturated heterocycles. The average molecular weight is 392 g/mol. The van der Waals surface area contributed by atoms with Crippen molar-refractivity contribution in [1.82, 2.24) is 0 Å². The molecule has 18 heavy (non-hydrogen) atoms. The van der Waals surface area contributed by atoms with Gasteiger partial charge in [-0.15, -0.1) is 0 Å². The summed E-state index contributed by atoms with van der Waals surface area (Å²) in [7, 11) is 1.99. The second kappa shape index (κ2) is 7.12. The van der Waals surface area contributed by atoms with Crippen LogP contribution in [0.15, 0.2) is 42.7 Å². The van der Waals surface area contributed by atoms with Gasteiger partial charge in [-0.25, -0.2) is 4.57 Å². The lowest BCUT2D eigenvalue weighted by Gasteiger charge is -1.97. The molecule has 94 valence electrons. The first-order valence-electron chi connectivity index (χ1n) is 5.23. The van der Waals surface area contributed by atoms with Crippen LogP contribution < -0.4 is 28.5 Å². The molecule has 1 aromatic carbocycles. The Morgan fingerprint density at radius 3 is 2.11 bits per heavy atom. The Morgan fingerprint density at radius 1 is 0.889 bits per heavy atom. The van der Waals surface area contributed by atoms with Gasteiger partial charge in [0.1, 0.15) is 7.05 Å². The number of nitrogens with zero attached hydrogens (tertiary/aromatic N) is 1. The van der Waals surface area contributed by atoms with Crippen molar-refractivity contribution in [3.8, 4) is 0 Å². The molecule has 2 aromatic rings. The molecule has 1 heterocycles. The van der Waals surface area contributed by atoms with Crippen LogP contribution in [-0.4, -0.2) is 0 Å². The topological polar surface area (TPSA) is 3.88 Å². The number of pyridine rings is 1. The summed E-state index contributed by atoms with van der Waals surface area (Å²) in [5.74, 6) is 0. The molecule has 0 radical (unpaired) electrons. The van der Waals surface area contributed by atoms with Gasteiger partial charge in [0, 0.05) is 12.1 Å². The third-order valence-corrected chi connectivity index (χ3v) is 3.16. The molecule has 4 heteroatoms. The van der Waals surface area contributed by atoms with Crippen molar-refractivity contribution in [2.24, 2.45) is 7.05 Å². The fraction of sp³-hybridized carbons (Fsp3) is 0.0714. The fourth-order valence-corrected chi connectivity index (χ4v) is 1.74. The molecule has 0 amide bonds. The van der Waals surface area contributed by atoms with Crippen molar-refractivity contribution in [2.45, 2.75) is 0 Å². The minimum atomic E-state index is 0. The number of halogens is 3. The average Bonchev–Trinajstić information content (AvgIpc) is 2.33. The van der Waals surface area contributed by atoms with Crippen LogP contribution in [-0.2, 0) is 7.05 Å². The summed E-state index contributed by atoms with van der Waals surface area (Å²) in [5, 5.41) is 1.16. The largest absolute Gasteiger partial charge is 1.00 e. The first kappa shape index (κ1) is 15.5. The maximum absolute atomic E-state index is 5.95. The molecule has 2 rings (SSSR count). The highest BCUT2D eigenvalue weighted by Crippen LogP contribution is 2.23. The zero-order valence-electron chi connectivity index (χ0n) is 9.78. The fourth-order valence-electron chi connectivity index (χ4n) is 1.43. The molecule has 0 atom stereocenters. The van der Waals surface area contributed by atoms with Crippen molar-refractivity contribution in [3.63, 3.8) is 0 Å². The molecular weight excluding hydrogens is 380 g/mol. The standard InChI is InChI=1S/C14H12Cl2N.HI/c1-17-8-6-11(7-9-17)2-3-12-4-5-13(15)14(16)10-12;/h2-10H,1H3;1H/q+1;/p-1/b3-2+;. The van der Waals surface area contributed by atoms with Gasteiger partial charge in [0.15, 0.2) is 12.4 Å². The van der Waals surface area contributed by atoms with Crippen molar-refractivity contribution in [2.75, 3.05) is 0 Å². The number of benzene rings is 1. The Balaban J connectivity index is 0.00000162. The highest BCUT2D eigenvalue weighted by Gasteiger charge is 1.97. The summed E-state index contributed by atoms with van der Waals surface area (Å²) >= 11 is 11.8. The number of hydrogen-bond acceptors (Lipinski definition) is 0. The molecule has 1 aromatic heterocycles. The number of aryl methyl sites for hydroxylation is 1. The smallest absolute Gasteiger partial charge is 0.169 e. The Hall–Kier alpha value is -0.580. The summed E-state index contributed by atoms with van der Waals surface area (Å²) in [5.41, 5.74) is 2.18. The van der Waals surface area contributed by atoms with E-state index < -0.39 is 0 Å². The first-order valence-corrected chi connectivity index (χ1v) is 5.99. The molecule has 0 N–H and O–H groups in total. The summed E-state index contributed by atoms with van der Waals surface area (Å²) in [6.45, 7) is 0. The zero-order chi connectivity index (χ0) is 12.3. The number of aromatic nitrogens is 1. The van der Waals surface area contributed by atoms with E-state index in [4.69, 9.17) is 23.2 Å². The monoisotopic (exact) mass is 391 g/mol. The van der Waals surface area contributed by atoms with Crippen LogP contribution in [0, 0.1) is 0 Å². The molecule has 0 unspecified atom stereocenters. The van der Waals surface area contributed by atoms with Crippen molar-refractivity contribution < 1.29 is 28.5 Å². The van der Waals surface area contributed by atoms with Crippen LogP contribution in [0.3, 0.4) is 0 Å². The lowest BCUT2D eigenvalue weighted by Crippen LogP contribution is -3.00. The number of rotatable bonds is 2. The summed E-state index contributed by atoms with van der Waals surface area (Å²) < 4.78 is 2.00. The molecule has 0 spiro atoms. The van der Waals surface area contributed by atoms with Crippen LogP contribution in [0.2, 0.25) is 10.0 Å². The summed E-state index contributed by atoms with van der Waals surface area (Å²) in [6.07, 6.45) is 8.07. The van der Waals surface area contributed by atoms with Gasteiger partial charge in [0.2, 0.25) is 0 Å². The molecule has 0 saturated carbocycles. The maximum Gasteiger partial charge on any atom is 0.169 e. The summed E-state index contributed by atoms with van der Waals surface area (Å²) in [6, 6.07) is 9.69. The third-order valence-electron chi connectivity index (χ3n) is 2.42. The van der Waals surface area contributed by atoms with E-state index in [1.165, 1.54) is 0 Å². The van der Waals surface area contributed by atoms with E-state index in [1.54, 1.807) is 6.07 Å². The first-order chi connectivity index (χ1) is 8.15. The van der Waals surface area contributed by atoms with Crippen LogP contribution in [0.1, 0.15) is 11.1 Å². The second-order valence-corrected chi connectivity index (χ2v) is 4.62. The van der Waals surface area contributed by atoms with E-state index >= 15 is 0 Å². The minimum absolute atomic E-state index is 0. The van der Waals surface area contributed by atoms with Crippen LogP contribution in [0.5, 0.6) is 0 Å². The molecule has 0 fully saturated rings. The van der Waals surface area contributed by atoms with Gasteiger partial charge >= 0.3 is 0 Å². The molecule has 0 aliphatic carbocycles. The quantitative estimate of drug-likeness (QED) is 0.531. The van der Waals surface area contributed by atoms with Crippen LogP contribution in [0.25, 0.3) is 12.2 Å². The van der Waals surface area contributed by atoms with Gasteiger partial charge in [0.05, 0.1) is 10.0 Å². The van der Waals surface area contributed by atoms with Gasteiger partial charge in [0.25, 0.3) is 0 Å². The summed E-state index contributed by atoms with van der Waals surface area (Å²) in [4.78, 5) is 0. The predicted molar refractivity (Wildman–Crippen MR) is 73.0 cm³/mol. The normalized spacial score (nSPS) is 10.4. The molecule has 0 bridgehead atoms. The Bertz CT molecular complexity index is 550. The Labute approximate surface area is 134 Å². The highest BCUT2D eigenvalue weighted by atomic mass is 127. The van der Waals surface area contributed by atoms with Gasteiger partial charge in [-0.3, -0.25) is 0 Å². The van der Waals surface area contributed by atoms with Gasteiger partial charge in [-0.1, -0.05) is 41.4 Å². The maximum atomic E-state index is 5.95. The molecule has 0 aliphatic rings. The second-order valence-electron chi connectivity index (χ2n) is 3.80. The van der Waals surface area contributed by atoms with E-state index in [-0.39, 0.29) is 24.0 Å². The Kier molecular flexibility index (Phi) is 6.12. The van der Waals surface area contributed by atoms with Crippen LogP contribution in [0.4, 0.5) is 0 Å². The van der Waals surface area contributed by atoms with E-state index in [9.17, 15) is 0 Å². The number of hydrogen-bond donors (Lipinski definition) is 0. The van der Waals surface area contributed by atoms with Gasteiger partial charge < -0.3 is 24.0 Å². The van der Waals surface area contributed by atoms with E-state index in [0.29, 0.717) is 10.0 Å². The minimum Gasteiger partial charge on any atom is -1.00 e. The molecular formula is C14H12Cl2IN. The van der Waals surface area contributed by atoms with Crippen molar-refractivity contribution in [1.29, 1.82) is 0 Å². The Morgan fingerprint density at radius 2 is 1.50 bits per heavy atom. The van der Waals surface area contributed by atoms with Crippen molar-refractivity contribution >= 4 is 35.4 Å². The zero-order valence-corrected chi connectivity index (χ0v) is 13.4. The lowest BCUT2D eigenvalue weighted by atomic mass is 10.1. The van der Waals surface area contributed by atoms with E-state index in [0.717, 1.165) is 11.1 Å². The molecule has 1 nitrogen and oxygen atoms in total. The molecule has 0 aliphatic heterocycles. The van der Waals surface area contributed by atoms with Gasteiger partial charge in [-0.2, -0.15) is 0 Å².